The molecule has 1 unspecified atom stereocenters. The maximum atomic E-state index is 12.9. The van der Waals surface area contributed by atoms with Gasteiger partial charge in [0.15, 0.2) is 0 Å². The number of carbonyl (C=O) groups is 2. The van der Waals surface area contributed by atoms with Gasteiger partial charge in [0, 0.05) is 17.1 Å². The molecule has 5 nitrogen and oxygen atoms in total. The minimum absolute atomic E-state index is 0.0839. The van der Waals surface area contributed by atoms with Crippen LogP contribution in [0.5, 0.6) is 5.75 Å². The summed E-state index contributed by atoms with van der Waals surface area (Å²) < 4.78 is 5.64. The van der Waals surface area contributed by atoms with E-state index < -0.39 is 17.7 Å². The number of aliphatic hydroxyl groups is 1. The number of benzene rings is 2. The van der Waals surface area contributed by atoms with Crippen LogP contribution in [0.15, 0.2) is 54.1 Å². The van der Waals surface area contributed by atoms with Gasteiger partial charge in [0.2, 0.25) is 0 Å². The fourth-order valence-corrected chi connectivity index (χ4v) is 3.73. The van der Waals surface area contributed by atoms with Crippen LogP contribution in [0.4, 0.5) is 0 Å². The molecule has 6 heteroatoms. The second-order valence-electron chi connectivity index (χ2n) is 7.27. The highest BCUT2D eigenvalue weighted by atomic mass is 35.5. The molecule has 0 bridgehead atoms. The Kier molecular flexibility index (Phi) is 7.16. The largest absolute Gasteiger partial charge is 0.507 e. The molecule has 1 N–H and O–H groups in total. The molecule has 0 saturated carbocycles. The molecule has 1 aliphatic rings. The molecule has 1 fully saturated rings. The number of carbonyl (C=O) groups excluding carboxylic acids is 2. The van der Waals surface area contributed by atoms with Gasteiger partial charge in [-0.2, -0.15) is 0 Å². The van der Waals surface area contributed by atoms with Crippen molar-refractivity contribution in [2.24, 2.45) is 0 Å². The van der Waals surface area contributed by atoms with Crippen LogP contribution in [-0.2, 0) is 9.59 Å². The number of rotatable bonds is 8. The Morgan fingerprint density at radius 3 is 2.47 bits per heavy atom. The number of aliphatic hydroxyl groups excluding tert-OH is 1. The first-order chi connectivity index (χ1) is 14.5. The number of Topliss-reactive ketones (excluding diaryl/α,β-unsaturated/α-hetero) is 1. The van der Waals surface area contributed by atoms with Crippen LogP contribution in [0.3, 0.4) is 0 Å². The van der Waals surface area contributed by atoms with Gasteiger partial charge in [-0.05, 0) is 42.7 Å². The fourth-order valence-electron chi connectivity index (χ4n) is 3.54. The standard InChI is InChI=1S/C24H26ClNO4/c1-3-5-13-26-21(16-9-11-19(12-10-16)30-14-4-2)20(23(28)24(26)29)22(27)17-7-6-8-18(25)15-17/h6-12,15,21,27H,3-5,13-14H2,1-2H3/b22-20-. The van der Waals surface area contributed by atoms with Crippen molar-refractivity contribution < 1.29 is 19.4 Å². The number of nitrogens with zero attached hydrogens (tertiary/aromatic N) is 1. The van der Waals surface area contributed by atoms with Crippen LogP contribution in [0.2, 0.25) is 5.02 Å². The Labute approximate surface area is 181 Å². The van der Waals surface area contributed by atoms with E-state index in [1.165, 1.54) is 0 Å². The summed E-state index contributed by atoms with van der Waals surface area (Å²) in [6.07, 6.45) is 2.55. The van der Waals surface area contributed by atoms with Crippen molar-refractivity contribution in [2.45, 2.75) is 39.2 Å². The summed E-state index contributed by atoms with van der Waals surface area (Å²) in [7, 11) is 0. The highest BCUT2D eigenvalue weighted by molar-refractivity contribution is 6.46. The van der Waals surface area contributed by atoms with E-state index in [0.29, 0.717) is 23.7 Å². The second kappa shape index (κ2) is 9.81. The first-order valence-corrected chi connectivity index (χ1v) is 10.6. The highest BCUT2D eigenvalue weighted by Gasteiger charge is 2.45. The van der Waals surface area contributed by atoms with Gasteiger partial charge < -0.3 is 14.7 Å². The number of unbranched alkanes of at least 4 members (excludes halogenated alkanes) is 1. The zero-order valence-corrected chi connectivity index (χ0v) is 18.0. The van der Waals surface area contributed by atoms with Crippen LogP contribution in [0, 0.1) is 0 Å². The van der Waals surface area contributed by atoms with Gasteiger partial charge in [0.1, 0.15) is 11.5 Å². The SMILES string of the molecule is CCCCN1C(=O)C(=O)/C(=C(\O)c2cccc(Cl)c2)C1c1ccc(OCCC)cc1. The lowest BCUT2D eigenvalue weighted by Gasteiger charge is -2.25. The molecular formula is C24H26ClNO4. The lowest BCUT2D eigenvalue weighted by Crippen LogP contribution is -2.30. The third kappa shape index (κ3) is 4.51. The molecule has 1 saturated heterocycles. The number of halogens is 1. The van der Waals surface area contributed by atoms with E-state index in [1.54, 1.807) is 29.2 Å². The maximum absolute atomic E-state index is 12.9. The highest BCUT2D eigenvalue weighted by Crippen LogP contribution is 2.40. The van der Waals surface area contributed by atoms with Crippen molar-refractivity contribution in [2.75, 3.05) is 13.2 Å². The molecular weight excluding hydrogens is 402 g/mol. The van der Waals surface area contributed by atoms with Gasteiger partial charge in [-0.15, -0.1) is 0 Å². The third-order valence-corrected chi connectivity index (χ3v) is 5.29. The molecule has 1 amide bonds. The monoisotopic (exact) mass is 427 g/mol. The van der Waals surface area contributed by atoms with E-state index in [2.05, 4.69) is 0 Å². The fraction of sp³-hybridized carbons (Fsp3) is 0.333. The van der Waals surface area contributed by atoms with E-state index >= 15 is 0 Å². The molecule has 2 aromatic carbocycles. The lowest BCUT2D eigenvalue weighted by molar-refractivity contribution is -0.139. The number of ketones is 1. The Bertz CT molecular complexity index is 952. The molecule has 0 aromatic heterocycles. The van der Waals surface area contributed by atoms with Crippen LogP contribution in [0.25, 0.3) is 5.76 Å². The van der Waals surface area contributed by atoms with Crippen molar-refractivity contribution in [3.8, 4) is 5.75 Å². The van der Waals surface area contributed by atoms with Crippen molar-refractivity contribution >= 4 is 29.1 Å². The molecule has 1 aliphatic heterocycles. The Balaban J connectivity index is 2.08. The topological polar surface area (TPSA) is 66.8 Å². The first kappa shape index (κ1) is 21.9. The van der Waals surface area contributed by atoms with Crippen LogP contribution >= 0.6 is 11.6 Å². The average molecular weight is 428 g/mol. The Morgan fingerprint density at radius 1 is 1.10 bits per heavy atom. The van der Waals surface area contributed by atoms with Crippen molar-refractivity contribution in [1.29, 1.82) is 0 Å². The van der Waals surface area contributed by atoms with Crippen LogP contribution in [-0.4, -0.2) is 34.8 Å². The normalized spacial score (nSPS) is 18.1. The smallest absolute Gasteiger partial charge is 0.295 e. The Hall–Kier alpha value is -2.79. The maximum Gasteiger partial charge on any atom is 0.295 e. The molecule has 2 aromatic rings. The molecule has 1 atom stereocenters. The van der Waals surface area contributed by atoms with Crippen LogP contribution < -0.4 is 4.74 Å². The zero-order valence-electron chi connectivity index (χ0n) is 17.2. The molecule has 3 rings (SSSR count). The molecule has 0 radical (unpaired) electrons. The molecule has 0 spiro atoms. The van der Waals surface area contributed by atoms with Gasteiger partial charge in [-0.1, -0.05) is 56.1 Å². The summed E-state index contributed by atoms with van der Waals surface area (Å²) in [5, 5.41) is 11.4. The predicted octanol–water partition coefficient (Wildman–Crippen LogP) is 5.35. The number of amides is 1. The third-order valence-electron chi connectivity index (χ3n) is 5.06. The van der Waals surface area contributed by atoms with Gasteiger partial charge in [-0.25, -0.2) is 0 Å². The number of ether oxygens (including phenoxy) is 1. The zero-order chi connectivity index (χ0) is 21.7. The average Bonchev–Trinajstić information content (AvgIpc) is 3.00. The van der Waals surface area contributed by atoms with Crippen molar-refractivity contribution in [3.05, 3.63) is 70.3 Å². The van der Waals surface area contributed by atoms with E-state index in [0.717, 1.165) is 30.6 Å². The molecule has 1 heterocycles. The number of hydrogen-bond donors (Lipinski definition) is 1. The quantitative estimate of drug-likeness (QED) is 0.350. The van der Waals surface area contributed by atoms with E-state index in [-0.39, 0.29) is 11.3 Å². The molecule has 0 aliphatic carbocycles. The van der Waals surface area contributed by atoms with E-state index in [9.17, 15) is 14.7 Å². The van der Waals surface area contributed by atoms with E-state index in [1.807, 2.05) is 38.1 Å². The second-order valence-corrected chi connectivity index (χ2v) is 7.71. The Morgan fingerprint density at radius 2 is 1.83 bits per heavy atom. The first-order valence-electron chi connectivity index (χ1n) is 10.2. The van der Waals surface area contributed by atoms with Gasteiger partial charge in [0.05, 0.1) is 18.2 Å². The van der Waals surface area contributed by atoms with E-state index in [4.69, 9.17) is 16.3 Å². The van der Waals surface area contributed by atoms with Gasteiger partial charge >= 0.3 is 0 Å². The summed E-state index contributed by atoms with van der Waals surface area (Å²) in [6, 6.07) is 13.3. The van der Waals surface area contributed by atoms with Crippen molar-refractivity contribution in [3.63, 3.8) is 0 Å². The van der Waals surface area contributed by atoms with Gasteiger partial charge in [0.25, 0.3) is 11.7 Å². The minimum Gasteiger partial charge on any atom is -0.507 e. The molecule has 158 valence electrons. The summed E-state index contributed by atoms with van der Waals surface area (Å²) >= 11 is 6.06. The number of hydrogen-bond acceptors (Lipinski definition) is 4. The summed E-state index contributed by atoms with van der Waals surface area (Å²) in [6.45, 7) is 5.11. The predicted molar refractivity (Wildman–Crippen MR) is 118 cm³/mol. The van der Waals surface area contributed by atoms with Crippen molar-refractivity contribution in [1.82, 2.24) is 4.90 Å². The lowest BCUT2D eigenvalue weighted by atomic mass is 9.95. The van der Waals surface area contributed by atoms with Gasteiger partial charge in [-0.3, -0.25) is 9.59 Å². The van der Waals surface area contributed by atoms with Crippen LogP contribution in [0.1, 0.15) is 50.3 Å². The summed E-state index contributed by atoms with van der Waals surface area (Å²) in [5.74, 6) is -0.768. The summed E-state index contributed by atoms with van der Waals surface area (Å²) in [4.78, 5) is 27.2. The molecule has 30 heavy (non-hydrogen) atoms. The summed E-state index contributed by atoms with van der Waals surface area (Å²) in [5.41, 5.74) is 1.24. The number of likely N-dealkylation sites (tertiary alicyclic amines) is 1. The minimum atomic E-state index is -0.681.